The summed E-state index contributed by atoms with van der Waals surface area (Å²) in [6.07, 6.45) is 2.15. The number of carbonyl (C=O) groups is 4. The van der Waals surface area contributed by atoms with Crippen molar-refractivity contribution < 1.29 is 52.3 Å². The Hall–Kier alpha value is -3.54. The van der Waals surface area contributed by atoms with Crippen LogP contribution in [0, 0.1) is 0 Å². The molecule has 0 unspecified atom stereocenters. The Morgan fingerprint density at radius 1 is 0.810 bits per heavy atom. The van der Waals surface area contributed by atoms with Gasteiger partial charge in [-0.2, -0.15) is 0 Å². The molecule has 12 heteroatoms. The van der Waals surface area contributed by atoms with Crippen LogP contribution in [-0.2, 0) is 34.9 Å². The molecule has 0 spiro atoms. The van der Waals surface area contributed by atoms with E-state index in [2.05, 4.69) is 0 Å². The van der Waals surface area contributed by atoms with Gasteiger partial charge in [-0.05, 0) is 64.2 Å². The quantitative estimate of drug-likeness (QED) is 0.0879. The third-order valence-electron chi connectivity index (χ3n) is 6.06. The van der Waals surface area contributed by atoms with Crippen molar-refractivity contribution in [2.45, 2.75) is 111 Å². The van der Waals surface area contributed by atoms with Crippen LogP contribution in [0.5, 0.6) is 11.5 Å². The Bertz CT molecular complexity index is 995. The predicted molar refractivity (Wildman–Crippen MR) is 153 cm³/mol. The van der Waals surface area contributed by atoms with Crippen LogP contribution in [0.4, 0.5) is 14.4 Å². The highest BCUT2D eigenvalue weighted by atomic mass is 16.8. The minimum Gasteiger partial charge on any atom is -0.461 e. The molecule has 0 aliphatic carbocycles. The fourth-order valence-corrected chi connectivity index (χ4v) is 3.26. The summed E-state index contributed by atoms with van der Waals surface area (Å²) in [5.41, 5.74) is 5.85. The molecule has 0 radical (unpaired) electrons. The molecule has 2 N–H and O–H groups in total. The zero-order chi connectivity index (χ0) is 31.5. The molecule has 0 saturated carbocycles. The van der Waals surface area contributed by atoms with E-state index in [0.717, 1.165) is 25.7 Å². The molecule has 0 aliphatic heterocycles. The van der Waals surface area contributed by atoms with E-state index in [1.807, 2.05) is 20.8 Å². The lowest BCUT2D eigenvalue weighted by Crippen LogP contribution is -2.36. The molecule has 1 rings (SSSR count). The molecular weight excluding hydrogens is 550 g/mol. The summed E-state index contributed by atoms with van der Waals surface area (Å²) >= 11 is 0. The fraction of sp³-hybridized carbons (Fsp3) is 0.667. The van der Waals surface area contributed by atoms with Gasteiger partial charge in [0.2, 0.25) is 0 Å². The Labute approximate surface area is 248 Å². The van der Waals surface area contributed by atoms with Crippen molar-refractivity contribution in [2.75, 3.05) is 19.8 Å². The van der Waals surface area contributed by atoms with E-state index >= 15 is 0 Å². The van der Waals surface area contributed by atoms with Crippen LogP contribution in [0.2, 0.25) is 0 Å². The highest BCUT2D eigenvalue weighted by Gasteiger charge is 2.24. The maximum Gasteiger partial charge on any atom is 0.513 e. The van der Waals surface area contributed by atoms with Crippen LogP contribution in [0.3, 0.4) is 0 Å². The van der Waals surface area contributed by atoms with E-state index in [-0.39, 0.29) is 37.7 Å². The van der Waals surface area contributed by atoms with E-state index in [9.17, 15) is 19.2 Å². The lowest BCUT2D eigenvalue weighted by Gasteiger charge is -2.24. The fourth-order valence-electron chi connectivity index (χ4n) is 3.26. The Kier molecular flexibility index (Phi) is 17.0. The van der Waals surface area contributed by atoms with Gasteiger partial charge < -0.3 is 38.9 Å². The second kappa shape index (κ2) is 19.6. The van der Waals surface area contributed by atoms with Gasteiger partial charge in [0, 0.05) is 0 Å². The van der Waals surface area contributed by atoms with Gasteiger partial charge in [-0.15, -0.1) is 0 Å². The molecule has 42 heavy (non-hydrogen) atoms. The second-order valence-electron chi connectivity index (χ2n) is 10.4. The zero-order valence-corrected chi connectivity index (χ0v) is 25.7. The maximum absolute atomic E-state index is 12.5. The lowest BCUT2D eigenvalue weighted by molar-refractivity contribution is -0.148. The summed E-state index contributed by atoms with van der Waals surface area (Å²) in [4.78, 5) is 48.8. The average molecular weight is 598 g/mol. The summed E-state index contributed by atoms with van der Waals surface area (Å²) in [6, 6.07) is 3.29. The molecule has 1 aromatic carbocycles. The van der Waals surface area contributed by atoms with Crippen LogP contribution in [0.1, 0.15) is 92.1 Å². The minimum atomic E-state index is -1.09. The third-order valence-corrected chi connectivity index (χ3v) is 6.06. The molecule has 0 aliphatic rings. The number of carbonyl (C=O) groups excluding carboxylic acids is 4. The van der Waals surface area contributed by atoms with Crippen molar-refractivity contribution >= 4 is 24.4 Å². The number of benzene rings is 1. The van der Waals surface area contributed by atoms with Gasteiger partial charge in [0.25, 0.3) is 0 Å². The molecule has 12 nitrogen and oxygen atoms in total. The lowest BCUT2D eigenvalue weighted by atomic mass is 10.1. The SMILES string of the molecule is CCCCCOC(=O)Oc1ccc(C[C@H](N)C(=O)OC[C@H](C)OC(=O)OC(C)(C)CC)cc1OC(=O)OCCCCC. The summed E-state index contributed by atoms with van der Waals surface area (Å²) in [7, 11) is 0. The maximum atomic E-state index is 12.5. The van der Waals surface area contributed by atoms with E-state index in [4.69, 9.17) is 38.9 Å². The largest absolute Gasteiger partial charge is 0.513 e. The highest BCUT2D eigenvalue weighted by Crippen LogP contribution is 2.30. The molecule has 0 aromatic heterocycles. The van der Waals surface area contributed by atoms with Crippen molar-refractivity contribution in [2.24, 2.45) is 5.73 Å². The molecule has 1 aromatic rings. The van der Waals surface area contributed by atoms with Gasteiger partial charge in [0.1, 0.15) is 24.4 Å². The van der Waals surface area contributed by atoms with Crippen LogP contribution in [-0.4, -0.2) is 62.0 Å². The average Bonchev–Trinajstić information content (AvgIpc) is 2.93. The zero-order valence-electron chi connectivity index (χ0n) is 25.7. The monoisotopic (exact) mass is 597 g/mol. The summed E-state index contributed by atoms with van der Waals surface area (Å²) in [6.45, 7) is 11.1. The Morgan fingerprint density at radius 3 is 1.93 bits per heavy atom. The van der Waals surface area contributed by atoms with Crippen molar-refractivity contribution in [1.29, 1.82) is 0 Å². The molecular formula is C30H47NO11. The predicted octanol–water partition coefficient (Wildman–Crippen LogP) is 6.24. The normalized spacial score (nSPS) is 12.5. The molecule has 0 heterocycles. The van der Waals surface area contributed by atoms with Gasteiger partial charge in [-0.3, -0.25) is 4.79 Å². The van der Waals surface area contributed by atoms with Crippen molar-refractivity contribution in [3.63, 3.8) is 0 Å². The molecule has 2 atom stereocenters. The summed E-state index contributed by atoms with van der Waals surface area (Å²) in [5, 5.41) is 0. The molecule has 0 fully saturated rings. The van der Waals surface area contributed by atoms with E-state index in [1.54, 1.807) is 26.8 Å². The second-order valence-corrected chi connectivity index (χ2v) is 10.4. The first-order valence-electron chi connectivity index (χ1n) is 14.5. The minimum absolute atomic E-state index is 0.00442. The number of rotatable bonds is 18. The third kappa shape index (κ3) is 15.5. The molecule has 0 amide bonds. The molecule has 238 valence electrons. The van der Waals surface area contributed by atoms with Gasteiger partial charge in [0.05, 0.1) is 13.2 Å². The van der Waals surface area contributed by atoms with Crippen LogP contribution < -0.4 is 15.2 Å². The number of hydrogen-bond acceptors (Lipinski definition) is 12. The number of unbranched alkanes of at least 4 members (excludes halogenated alkanes) is 4. The topological polar surface area (TPSA) is 159 Å². The molecule has 0 saturated heterocycles. The van der Waals surface area contributed by atoms with Crippen LogP contribution in [0.15, 0.2) is 18.2 Å². The first-order valence-corrected chi connectivity index (χ1v) is 14.5. The highest BCUT2D eigenvalue weighted by molar-refractivity contribution is 5.76. The smallest absolute Gasteiger partial charge is 0.461 e. The molecule has 0 bridgehead atoms. The van der Waals surface area contributed by atoms with Crippen molar-refractivity contribution in [1.82, 2.24) is 0 Å². The van der Waals surface area contributed by atoms with Crippen molar-refractivity contribution in [3.05, 3.63) is 23.8 Å². The van der Waals surface area contributed by atoms with Crippen LogP contribution >= 0.6 is 0 Å². The summed E-state index contributed by atoms with van der Waals surface area (Å²) in [5.74, 6) is -0.902. The van der Waals surface area contributed by atoms with Gasteiger partial charge in [0.15, 0.2) is 11.5 Å². The Balaban J connectivity index is 2.81. The summed E-state index contributed by atoms with van der Waals surface area (Å²) < 4.78 is 36.2. The van der Waals surface area contributed by atoms with Crippen LogP contribution in [0.25, 0.3) is 0 Å². The number of hydrogen-bond donors (Lipinski definition) is 1. The number of nitrogens with two attached hydrogens (primary N) is 1. The van der Waals surface area contributed by atoms with Crippen molar-refractivity contribution in [3.8, 4) is 11.5 Å². The number of ether oxygens (including phenoxy) is 7. The van der Waals surface area contributed by atoms with Gasteiger partial charge in [-0.1, -0.05) is 52.5 Å². The van der Waals surface area contributed by atoms with Gasteiger partial charge in [-0.25, -0.2) is 14.4 Å². The van der Waals surface area contributed by atoms with E-state index in [0.29, 0.717) is 24.8 Å². The standard InChI is InChI=1S/C30H47NO11/c1-7-10-12-16-36-27(33)40-24-15-14-22(19-25(24)41-28(34)37-17-13-11-8-2)18-23(31)26(32)38-20-21(4)39-29(35)42-30(5,6)9-3/h14-15,19,21,23H,7-13,16-18,20,31H2,1-6H3/t21-,23-/m0/s1. The Morgan fingerprint density at radius 2 is 1.38 bits per heavy atom. The van der Waals surface area contributed by atoms with Gasteiger partial charge >= 0.3 is 24.4 Å². The first kappa shape index (κ1) is 36.5. The van der Waals surface area contributed by atoms with E-state index < -0.39 is 42.2 Å². The number of esters is 1. The van der Waals surface area contributed by atoms with E-state index in [1.165, 1.54) is 12.1 Å². The first-order chi connectivity index (χ1) is 19.9.